The second kappa shape index (κ2) is 10.7. The Morgan fingerprint density at radius 1 is 1.11 bits per heavy atom. The highest BCUT2D eigenvalue weighted by Gasteiger charge is 2.33. The van der Waals surface area contributed by atoms with Gasteiger partial charge >= 0.3 is 5.97 Å². The van der Waals surface area contributed by atoms with Gasteiger partial charge < -0.3 is 18.9 Å². The molecule has 0 radical (unpaired) electrons. The number of allylic oxidation sites excluding steroid dienone is 1. The predicted molar refractivity (Wildman–Crippen MR) is 137 cm³/mol. The number of esters is 1. The summed E-state index contributed by atoms with van der Waals surface area (Å²) in [5.74, 6) is 0.868. The zero-order valence-corrected chi connectivity index (χ0v) is 21.3. The summed E-state index contributed by atoms with van der Waals surface area (Å²) in [6, 6.07) is 12.2. The van der Waals surface area contributed by atoms with Gasteiger partial charge in [-0.15, -0.1) is 0 Å². The molecule has 0 fully saturated rings. The number of benzene rings is 2. The smallest absolute Gasteiger partial charge is 0.338 e. The topological polar surface area (TPSA) is 88.4 Å². The quantitative estimate of drug-likeness (QED) is 0.345. The fraction of sp³-hybridized carbons (Fsp3) is 0.222. The molecule has 0 N–H and O–H groups in total. The molecule has 1 atom stereocenters. The van der Waals surface area contributed by atoms with E-state index in [1.807, 2.05) is 30.3 Å². The van der Waals surface area contributed by atoms with Crippen molar-refractivity contribution in [2.45, 2.75) is 13.0 Å². The van der Waals surface area contributed by atoms with Crippen LogP contribution in [0.3, 0.4) is 0 Å². The highest BCUT2D eigenvalue weighted by molar-refractivity contribution is 7.07. The van der Waals surface area contributed by atoms with E-state index in [0.29, 0.717) is 43.4 Å². The maximum atomic E-state index is 13.7. The molecule has 0 aliphatic carbocycles. The summed E-state index contributed by atoms with van der Waals surface area (Å²) < 4.78 is 23.6. The predicted octanol–water partition coefficient (Wildman–Crippen LogP) is 2.99. The minimum atomic E-state index is -0.679. The van der Waals surface area contributed by atoms with Gasteiger partial charge in [0.05, 0.1) is 43.2 Å². The Morgan fingerprint density at radius 2 is 1.78 bits per heavy atom. The van der Waals surface area contributed by atoms with Crippen LogP contribution in [-0.2, 0) is 9.53 Å². The normalized spacial score (nSPS) is 15.1. The fourth-order valence-electron chi connectivity index (χ4n) is 4.08. The lowest BCUT2D eigenvalue weighted by Gasteiger charge is -2.24. The lowest BCUT2D eigenvalue weighted by atomic mass is 9.96. The lowest BCUT2D eigenvalue weighted by Crippen LogP contribution is -2.39. The number of methoxy groups -OCH3 is 3. The number of aromatic nitrogens is 1. The van der Waals surface area contributed by atoms with Gasteiger partial charge in [0.2, 0.25) is 5.75 Å². The maximum absolute atomic E-state index is 13.7. The first-order valence-electron chi connectivity index (χ1n) is 11.1. The molecular weight excluding hydrogens is 480 g/mol. The Labute approximate surface area is 212 Å². The molecule has 4 rings (SSSR count). The van der Waals surface area contributed by atoms with Gasteiger partial charge in [0, 0.05) is 0 Å². The van der Waals surface area contributed by atoms with Crippen LogP contribution in [0.5, 0.6) is 17.2 Å². The van der Waals surface area contributed by atoms with Crippen molar-refractivity contribution in [2.75, 3.05) is 27.9 Å². The Balaban J connectivity index is 1.92. The monoisotopic (exact) mass is 506 g/mol. The van der Waals surface area contributed by atoms with E-state index in [0.717, 1.165) is 5.56 Å². The second-order valence-corrected chi connectivity index (χ2v) is 8.85. The Bertz CT molecular complexity index is 1490. The number of ether oxygens (including phenoxy) is 4. The number of carbonyl (C=O) groups excluding carboxylic acids is 1. The van der Waals surface area contributed by atoms with Gasteiger partial charge in [0.15, 0.2) is 16.3 Å². The minimum absolute atomic E-state index is 0.0582. The molecule has 8 nitrogen and oxygen atoms in total. The maximum Gasteiger partial charge on any atom is 0.338 e. The average molecular weight is 507 g/mol. The first-order valence-corrected chi connectivity index (χ1v) is 11.9. The molecule has 9 heteroatoms. The van der Waals surface area contributed by atoms with Crippen molar-refractivity contribution in [1.82, 2.24) is 4.57 Å². The third kappa shape index (κ3) is 4.57. The van der Waals surface area contributed by atoms with Crippen LogP contribution in [0.15, 0.2) is 76.2 Å². The first-order chi connectivity index (χ1) is 17.4. The minimum Gasteiger partial charge on any atom is -0.493 e. The third-order valence-electron chi connectivity index (χ3n) is 5.67. The number of nitrogens with zero attached hydrogens (tertiary/aromatic N) is 2. The van der Waals surface area contributed by atoms with Gasteiger partial charge in [-0.3, -0.25) is 9.36 Å². The van der Waals surface area contributed by atoms with Crippen molar-refractivity contribution in [3.05, 3.63) is 97.2 Å². The number of hydrogen-bond donors (Lipinski definition) is 0. The van der Waals surface area contributed by atoms with Crippen molar-refractivity contribution in [3.63, 3.8) is 0 Å². The molecule has 0 bridgehead atoms. The largest absolute Gasteiger partial charge is 0.493 e. The molecular formula is C27H26N2O6S. The Morgan fingerprint density at radius 3 is 2.36 bits per heavy atom. The van der Waals surface area contributed by atoms with E-state index in [1.54, 1.807) is 29.7 Å². The third-order valence-corrected chi connectivity index (χ3v) is 6.66. The summed E-state index contributed by atoms with van der Waals surface area (Å²) in [7, 11) is 4.59. The van der Waals surface area contributed by atoms with Crippen molar-refractivity contribution in [1.29, 1.82) is 0 Å². The van der Waals surface area contributed by atoms with E-state index in [1.165, 1.54) is 38.7 Å². The number of carbonyl (C=O) groups is 1. The average Bonchev–Trinajstić information content (AvgIpc) is 3.20. The molecule has 2 aromatic carbocycles. The first kappa shape index (κ1) is 25.0. The van der Waals surface area contributed by atoms with Crippen LogP contribution in [0.4, 0.5) is 0 Å². The van der Waals surface area contributed by atoms with Gasteiger partial charge in [-0.05, 0) is 36.3 Å². The Kier molecular flexibility index (Phi) is 7.40. The van der Waals surface area contributed by atoms with Crippen LogP contribution in [0.1, 0.15) is 24.1 Å². The van der Waals surface area contributed by atoms with E-state index in [4.69, 9.17) is 18.9 Å². The van der Waals surface area contributed by atoms with E-state index in [-0.39, 0.29) is 12.2 Å². The molecule has 0 spiro atoms. The van der Waals surface area contributed by atoms with Gasteiger partial charge in [-0.1, -0.05) is 54.3 Å². The number of hydrogen-bond acceptors (Lipinski definition) is 8. The van der Waals surface area contributed by atoms with E-state index in [9.17, 15) is 9.59 Å². The van der Waals surface area contributed by atoms with Gasteiger partial charge in [-0.2, -0.15) is 0 Å². The molecule has 1 aromatic heterocycles. The standard InChI is InChI=1S/C27H26N2O6S/c1-6-12-35-26(31)22-16(2)28-27-29(23(22)18-10-8-7-9-11-18)25(30)21(36-27)15-17-13-19(32-3)24(34-5)20(14-17)33-4/h6-11,13-15,23H,1,12H2,2-5H3/b21-15+/t23-/m0/s1. The molecule has 0 unspecified atom stereocenters. The van der Waals surface area contributed by atoms with Crippen molar-refractivity contribution in [2.24, 2.45) is 4.99 Å². The van der Waals surface area contributed by atoms with E-state index in [2.05, 4.69) is 11.6 Å². The summed E-state index contributed by atoms with van der Waals surface area (Å²) in [4.78, 5) is 31.8. The van der Waals surface area contributed by atoms with Crippen LogP contribution >= 0.6 is 11.3 Å². The van der Waals surface area contributed by atoms with Crippen LogP contribution < -0.4 is 29.1 Å². The summed E-state index contributed by atoms with van der Waals surface area (Å²) in [6.45, 7) is 5.41. The number of fused-ring (bicyclic) bond motifs is 1. The van der Waals surface area contributed by atoms with Crippen molar-refractivity contribution < 1.29 is 23.7 Å². The van der Waals surface area contributed by atoms with Crippen molar-refractivity contribution >= 4 is 23.4 Å². The molecule has 1 aliphatic heterocycles. The summed E-state index contributed by atoms with van der Waals surface area (Å²) in [5.41, 5.74) is 2.00. The van der Waals surface area contributed by atoms with Gasteiger partial charge in [0.1, 0.15) is 6.61 Å². The lowest BCUT2D eigenvalue weighted by molar-refractivity contribution is -0.138. The summed E-state index contributed by atoms with van der Waals surface area (Å²) in [6.07, 6.45) is 3.24. The zero-order chi connectivity index (χ0) is 25.8. The second-order valence-electron chi connectivity index (χ2n) is 7.84. The van der Waals surface area contributed by atoms with Crippen LogP contribution in [0, 0.1) is 0 Å². The van der Waals surface area contributed by atoms with Crippen molar-refractivity contribution in [3.8, 4) is 17.2 Å². The van der Waals surface area contributed by atoms with E-state index >= 15 is 0 Å². The van der Waals surface area contributed by atoms with Crippen LogP contribution in [0.2, 0.25) is 0 Å². The highest BCUT2D eigenvalue weighted by atomic mass is 32.1. The molecule has 3 aromatic rings. The van der Waals surface area contributed by atoms with Gasteiger partial charge in [0.25, 0.3) is 5.56 Å². The summed E-state index contributed by atoms with van der Waals surface area (Å²) in [5, 5.41) is 0. The van der Waals surface area contributed by atoms with Crippen LogP contribution in [0.25, 0.3) is 6.08 Å². The van der Waals surface area contributed by atoms with E-state index < -0.39 is 12.0 Å². The van der Waals surface area contributed by atoms with Gasteiger partial charge in [-0.25, -0.2) is 9.79 Å². The van der Waals surface area contributed by atoms with Crippen LogP contribution in [-0.4, -0.2) is 38.5 Å². The molecule has 0 amide bonds. The molecule has 36 heavy (non-hydrogen) atoms. The molecule has 0 saturated heterocycles. The molecule has 0 saturated carbocycles. The fourth-order valence-corrected chi connectivity index (χ4v) is 5.13. The summed E-state index contributed by atoms with van der Waals surface area (Å²) >= 11 is 1.24. The zero-order valence-electron chi connectivity index (χ0n) is 20.4. The number of thiazole rings is 1. The number of rotatable bonds is 8. The molecule has 2 heterocycles. The molecule has 1 aliphatic rings. The Hall–Kier alpha value is -4.11. The molecule has 186 valence electrons. The highest BCUT2D eigenvalue weighted by Crippen LogP contribution is 2.38. The SMILES string of the molecule is C=CCOC(=O)C1=C(C)N=c2s/c(=C/c3cc(OC)c(OC)c(OC)c3)c(=O)n2[C@H]1c1ccccc1.